The lowest BCUT2D eigenvalue weighted by Gasteiger charge is -2.18. The van der Waals surface area contributed by atoms with Crippen LogP contribution in [0.4, 0.5) is 0 Å². The minimum Gasteiger partial charge on any atom is -0.462 e. The van der Waals surface area contributed by atoms with Crippen LogP contribution in [-0.2, 0) is 28.6 Å². The van der Waals surface area contributed by atoms with Gasteiger partial charge in [0.15, 0.2) is 6.10 Å². The molecule has 0 aromatic carbocycles. The molecule has 0 heterocycles. The van der Waals surface area contributed by atoms with E-state index in [9.17, 15) is 14.4 Å². The highest BCUT2D eigenvalue weighted by Crippen LogP contribution is 2.11. The van der Waals surface area contributed by atoms with E-state index in [1.165, 1.54) is 51.4 Å². The molecule has 0 aliphatic heterocycles. The molecule has 6 heteroatoms. The number of hydrogen-bond donors (Lipinski definition) is 0. The van der Waals surface area contributed by atoms with Crippen LogP contribution in [0.2, 0.25) is 0 Å². The van der Waals surface area contributed by atoms with E-state index in [2.05, 4.69) is 142 Å². The second-order valence-corrected chi connectivity index (χ2v) is 16.0. The van der Waals surface area contributed by atoms with Gasteiger partial charge in [0.1, 0.15) is 13.2 Å². The fourth-order valence-electron chi connectivity index (χ4n) is 6.15. The Kier molecular flexibility index (Phi) is 47.1. The molecule has 0 fully saturated rings. The van der Waals surface area contributed by atoms with Gasteiger partial charge < -0.3 is 14.2 Å². The fourth-order valence-corrected chi connectivity index (χ4v) is 6.15. The minimum absolute atomic E-state index is 0.126. The minimum atomic E-state index is -0.835. The second kappa shape index (κ2) is 50.5. The van der Waals surface area contributed by atoms with Gasteiger partial charge in [0.05, 0.1) is 0 Å². The van der Waals surface area contributed by atoms with Gasteiger partial charge in [0.25, 0.3) is 0 Å². The number of esters is 3. The van der Waals surface area contributed by atoms with Gasteiger partial charge in [-0.15, -0.1) is 0 Å². The molecule has 63 heavy (non-hydrogen) atoms. The number of unbranched alkanes of at least 4 members (excludes halogenated alkanes) is 12. The molecule has 0 unspecified atom stereocenters. The van der Waals surface area contributed by atoms with Crippen LogP contribution in [0.15, 0.2) is 122 Å². The van der Waals surface area contributed by atoms with E-state index in [4.69, 9.17) is 14.2 Å². The highest BCUT2D eigenvalue weighted by atomic mass is 16.6. The molecule has 0 aliphatic carbocycles. The van der Waals surface area contributed by atoms with Crippen LogP contribution >= 0.6 is 0 Å². The zero-order chi connectivity index (χ0) is 45.8. The molecule has 0 saturated heterocycles. The lowest BCUT2D eigenvalue weighted by molar-refractivity contribution is -0.167. The average Bonchev–Trinajstić information content (AvgIpc) is 3.28. The molecule has 0 amide bonds. The molecule has 0 spiro atoms. The highest BCUT2D eigenvalue weighted by Gasteiger charge is 2.19. The van der Waals surface area contributed by atoms with Crippen molar-refractivity contribution < 1.29 is 28.6 Å². The molecule has 0 radical (unpaired) electrons. The van der Waals surface area contributed by atoms with Crippen LogP contribution < -0.4 is 0 Å². The first-order valence-electron chi connectivity index (χ1n) is 25.0. The number of rotatable bonds is 43. The van der Waals surface area contributed by atoms with Crippen molar-refractivity contribution in [2.45, 2.75) is 207 Å². The lowest BCUT2D eigenvalue weighted by atomic mass is 10.1. The van der Waals surface area contributed by atoms with Crippen molar-refractivity contribution in [3.05, 3.63) is 122 Å². The molecule has 0 rings (SSSR count). The molecule has 0 aromatic heterocycles. The van der Waals surface area contributed by atoms with E-state index in [0.717, 1.165) is 96.3 Å². The molecular weight excluding hydrogens is 781 g/mol. The molecule has 6 nitrogen and oxygen atoms in total. The number of carbonyl (C=O) groups excluding carboxylic acids is 3. The van der Waals surface area contributed by atoms with E-state index in [1.807, 2.05) is 0 Å². The standard InChI is InChI=1S/C57H90O6/c1-4-7-10-13-16-19-22-24-26-28-30-32-35-38-41-44-47-50-56(59)62-53-54(52-61-55(58)49-46-43-40-37-34-21-18-15-12-9-6-3)63-57(60)51-48-45-42-39-36-33-31-29-27-25-23-20-17-14-11-8-5-2/h8,11,15-20,24-27,30-33,38-39,41-42,54H,4-7,9-10,12-14,21-23,28-29,34-37,40,43-53H2,1-3H3/b11-8-,18-15-,19-16-,20-17-,26-24-,27-25-,32-30-,33-31-,41-38-,42-39-/t54-/m0/s1. The Labute approximate surface area is 386 Å². The quantitative estimate of drug-likeness (QED) is 0.0263. The average molecular weight is 871 g/mol. The van der Waals surface area contributed by atoms with Crippen LogP contribution in [-0.4, -0.2) is 37.2 Å². The van der Waals surface area contributed by atoms with E-state index in [0.29, 0.717) is 19.3 Å². The molecule has 0 aliphatic rings. The van der Waals surface area contributed by atoms with E-state index >= 15 is 0 Å². The summed E-state index contributed by atoms with van der Waals surface area (Å²) >= 11 is 0. The van der Waals surface area contributed by atoms with E-state index < -0.39 is 6.10 Å². The van der Waals surface area contributed by atoms with E-state index in [1.54, 1.807) is 0 Å². The summed E-state index contributed by atoms with van der Waals surface area (Å²) in [5.74, 6) is -1.06. The molecule has 1 atom stereocenters. The third kappa shape index (κ3) is 48.7. The summed E-state index contributed by atoms with van der Waals surface area (Å²) in [7, 11) is 0. The molecular formula is C57H90O6. The number of carbonyl (C=O) groups is 3. The van der Waals surface area contributed by atoms with Gasteiger partial charge in [0.2, 0.25) is 0 Å². The van der Waals surface area contributed by atoms with Gasteiger partial charge in [-0.05, 0) is 116 Å². The van der Waals surface area contributed by atoms with Crippen LogP contribution in [0.3, 0.4) is 0 Å². The van der Waals surface area contributed by atoms with Crippen molar-refractivity contribution in [3.63, 3.8) is 0 Å². The normalized spacial score (nSPS) is 13.1. The van der Waals surface area contributed by atoms with Crippen molar-refractivity contribution in [2.24, 2.45) is 0 Å². The first kappa shape index (κ1) is 58.8. The van der Waals surface area contributed by atoms with Gasteiger partial charge in [-0.2, -0.15) is 0 Å². The van der Waals surface area contributed by atoms with Crippen molar-refractivity contribution >= 4 is 17.9 Å². The van der Waals surface area contributed by atoms with Gasteiger partial charge >= 0.3 is 17.9 Å². The Morgan fingerprint density at radius 3 is 1.10 bits per heavy atom. The van der Waals surface area contributed by atoms with Crippen molar-refractivity contribution in [2.75, 3.05) is 13.2 Å². The maximum atomic E-state index is 12.8. The number of ether oxygens (including phenoxy) is 3. The van der Waals surface area contributed by atoms with Crippen molar-refractivity contribution in [1.29, 1.82) is 0 Å². The van der Waals surface area contributed by atoms with Crippen LogP contribution in [0.5, 0.6) is 0 Å². The molecule has 0 aromatic rings. The second-order valence-electron chi connectivity index (χ2n) is 16.0. The Morgan fingerprint density at radius 1 is 0.333 bits per heavy atom. The topological polar surface area (TPSA) is 78.9 Å². The highest BCUT2D eigenvalue weighted by molar-refractivity contribution is 5.71. The third-order valence-corrected chi connectivity index (χ3v) is 9.92. The monoisotopic (exact) mass is 871 g/mol. The Balaban J connectivity index is 4.59. The molecule has 0 bridgehead atoms. The molecule has 354 valence electrons. The predicted octanol–water partition coefficient (Wildman–Crippen LogP) is 16.5. The summed E-state index contributed by atoms with van der Waals surface area (Å²) in [6.45, 7) is 6.33. The first-order valence-corrected chi connectivity index (χ1v) is 25.0. The molecule has 0 N–H and O–H groups in total. The summed E-state index contributed by atoms with van der Waals surface area (Å²) in [5.41, 5.74) is 0. The number of hydrogen-bond acceptors (Lipinski definition) is 6. The Bertz CT molecular complexity index is 1370. The van der Waals surface area contributed by atoms with Crippen LogP contribution in [0.25, 0.3) is 0 Å². The summed E-state index contributed by atoms with van der Waals surface area (Å²) < 4.78 is 16.7. The zero-order valence-corrected chi connectivity index (χ0v) is 40.3. The Morgan fingerprint density at radius 2 is 0.651 bits per heavy atom. The SMILES string of the molecule is CC/C=C\C/C=C\C/C=C\C/C=C\C/C=C\CCCC(=O)O[C@H](COC(=O)CCC/C=C\C/C=C\C/C=C\C/C=C\CCCCC)COC(=O)CCCCCCC/C=C\CCCC. The lowest BCUT2D eigenvalue weighted by Crippen LogP contribution is -2.30. The third-order valence-electron chi connectivity index (χ3n) is 9.92. The maximum absolute atomic E-state index is 12.8. The molecule has 0 saturated carbocycles. The fraction of sp³-hybridized carbons (Fsp3) is 0.596. The van der Waals surface area contributed by atoms with Crippen molar-refractivity contribution in [3.8, 4) is 0 Å². The summed E-state index contributed by atoms with van der Waals surface area (Å²) in [4.78, 5) is 37.9. The van der Waals surface area contributed by atoms with Gasteiger partial charge in [0, 0.05) is 19.3 Å². The van der Waals surface area contributed by atoms with Gasteiger partial charge in [-0.3, -0.25) is 14.4 Å². The Hall–Kier alpha value is -4.19. The van der Waals surface area contributed by atoms with E-state index in [-0.39, 0.29) is 44.0 Å². The van der Waals surface area contributed by atoms with Gasteiger partial charge in [-0.25, -0.2) is 0 Å². The zero-order valence-electron chi connectivity index (χ0n) is 40.3. The summed E-state index contributed by atoms with van der Waals surface area (Å²) in [6.07, 6.45) is 69.0. The first-order chi connectivity index (χ1) is 31.0. The summed E-state index contributed by atoms with van der Waals surface area (Å²) in [6, 6.07) is 0. The predicted molar refractivity (Wildman–Crippen MR) is 269 cm³/mol. The van der Waals surface area contributed by atoms with Crippen LogP contribution in [0.1, 0.15) is 201 Å². The number of allylic oxidation sites excluding steroid dienone is 20. The smallest absolute Gasteiger partial charge is 0.306 e. The van der Waals surface area contributed by atoms with Crippen molar-refractivity contribution in [1.82, 2.24) is 0 Å². The van der Waals surface area contributed by atoms with Crippen LogP contribution in [0, 0.1) is 0 Å². The largest absolute Gasteiger partial charge is 0.462 e. The van der Waals surface area contributed by atoms with Gasteiger partial charge in [-0.1, -0.05) is 187 Å². The maximum Gasteiger partial charge on any atom is 0.306 e. The summed E-state index contributed by atoms with van der Waals surface area (Å²) in [5, 5.41) is 0.